The Bertz CT molecular complexity index is 297. The zero-order valence-electron chi connectivity index (χ0n) is 9.45. The van der Waals surface area contributed by atoms with Crippen molar-refractivity contribution in [3.05, 3.63) is 0 Å². The number of amides is 1. The minimum Gasteiger partial charge on any atom is -0.481 e. The first kappa shape index (κ1) is 14.8. The van der Waals surface area contributed by atoms with E-state index >= 15 is 0 Å². The van der Waals surface area contributed by atoms with Crippen molar-refractivity contribution in [2.75, 3.05) is 11.5 Å². The van der Waals surface area contributed by atoms with Gasteiger partial charge in [-0.15, -0.1) is 11.8 Å². The quantitative estimate of drug-likeness (QED) is 0.652. The van der Waals surface area contributed by atoms with E-state index in [-0.39, 0.29) is 23.8 Å². The van der Waals surface area contributed by atoms with Crippen molar-refractivity contribution in [1.82, 2.24) is 5.32 Å². The first-order valence-corrected chi connectivity index (χ1v) is 6.00. The van der Waals surface area contributed by atoms with E-state index < -0.39 is 11.5 Å². The highest BCUT2D eigenvalue weighted by Crippen LogP contribution is 2.11. The van der Waals surface area contributed by atoms with Crippen LogP contribution in [0.5, 0.6) is 0 Å². The maximum atomic E-state index is 11.4. The SMILES string of the molecule is CC(C)(CCC(=O)O)NC(=O)CSCC#N. The first-order valence-electron chi connectivity index (χ1n) is 4.85. The van der Waals surface area contributed by atoms with E-state index in [0.29, 0.717) is 6.42 Å². The summed E-state index contributed by atoms with van der Waals surface area (Å²) in [6.45, 7) is 3.56. The number of nitrogens with one attached hydrogen (secondary N) is 1. The third-order valence-corrected chi connectivity index (χ3v) is 2.64. The molecule has 1 amide bonds. The topological polar surface area (TPSA) is 90.2 Å². The molecule has 0 aromatic rings. The van der Waals surface area contributed by atoms with Crippen molar-refractivity contribution < 1.29 is 14.7 Å². The second-order valence-corrected chi connectivity index (χ2v) is 4.96. The first-order chi connectivity index (χ1) is 7.37. The zero-order chi connectivity index (χ0) is 12.6. The maximum Gasteiger partial charge on any atom is 0.303 e. The Morgan fingerprint density at radius 1 is 1.50 bits per heavy atom. The van der Waals surface area contributed by atoms with Crippen LogP contribution < -0.4 is 5.32 Å². The number of hydrogen-bond acceptors (Lipinski definition) is 4. The number of aliphatic carboxylic acids is 1. The van der Waals surface area contributed by atoms with Gasteiger partial charge in [0.2, 0.25) is 5.91 Å². The third-order valence-electron chi connectivity index (χ3n) is 1.84. The summed E-state index contributed by atoms with van der Waals surface area (Å²) in [6, 6.07) is 1.93. The molecule has 0 saturated carbocycles. The van der Waals surface area contributed by atoms with Gasteiger partial charge in [-0.1, -0.05) is 0 Å². The van der Waals surface area contributed by atoms with Gasteiger partial charge in [0.1, 0.15) is 0 Å². The van der Waals surface area contributed by atoms with Crippen molar-refractivity contribution in [2.45, 2.75) is 32.2 Å². The Kier molecular flexibility index (Phi) is 6.58. The highest BCUT2D eigenvalue weighted by molar-refractivity contribution is 8.00. The van der Waals surface area contributed by atoms with Crippen LogP contribution in [0.3, 0.4) is 0 Å². The fourth-order valence-electron chi connectivity index (χ4n) is 1.08. The van der Waals surface area contributed by atoms with Crippen LogP contribution in [-0.2, 0) is 9.59 Å². The van der Waals surface area contributed by atoms with Crippen LogP contribution in [0.2, 0.25) is 0 Å². The minimum absolute atomic E-state index is 0.0264. The lowest BCUT2D eigenvalue weighted by Crippen LogP contribution is -2.44. The Morgan fingerprint density at radius 3 is 2.62 bits per heavy atom. The molecule has 16 heavy (non-hydrogen) atoms. The molecule has 0 atom stereocenters. The van der Waals surface area contributed by atoms with Crippen LogP contribution in [0.1, 0.15) is 26.7 Å². The van der Waals surface area contributed by atoms with Crippen molar-refractivity contribution in [3.8, 4) is 6.07 Å². The number of rotatable bonds is 7. The molecule has 0 rings (SSSR count). The largest absolute Gasteiger partial charge is 0.481 e. The summed E-state index contributed by atoms with van der Waals surface area (Å²) in [6.07, 6.45) is 0.412. The van der Waals surface area contributed by atoms with Crippen molar-refractivity contribution in [1.29, 1.82) is 5.26 Å². The van der Waals surface area contributed by atoms with Gasteiger partial charge in [0.15, 0.2) is 0 Å². The van der Waals surface area contributed by atoms with E-state index in [0.717, 1.165) is 0 Å². The van der Waals surface area contributed by atoms with Gasteiger partial charge in [-0.05, 0) is 20.3 Å². The summed E-state index contributed by atoms with van der Waals surface area (Å²) in [4.78, 5) is 21.8. The van der Waals surface area contributed by atoms with Gasteiger partial charge in [-0.2, -0.15) is 5.26 Å². The van der Waals surface area contributed by atoms with Gasteiger partial charge >= 0.3 is 5.97 Å². The lowest BCUT2D eigenvalue weighted by molar-refractivity contribution is -0.137. The molecular weight excluding hydrogens is 228 g/mol. The highest BCUT2D eigenvalue weighted by Gasteiger charge is 2.21. The number of nitrogens with zero attached hydrogens (tertiary/aromatic N) is 1. The van der Waals surface area contributed by atoms with Crippen LogP contribution in [0.4, 0.5) is 0 Å². The summed E-state index contributed by atoms with van der Waals surface area (Å²) < 4.78 is 0. The Hall–Kier alpha value is -1.22. The van der Waals surface area contributed by atoms with Gasteiger partial charge in [-0.3, -0.25) is 9.59 Å². The molecule has 0 radical (unpaired) electrons. The Morgan fingerprint density at radius 2 is 2.12 bits per heavy atom. The van der Waals surface area contributed by atoms with E-state index in [1.165, 1.54) is 11.8 Å². The van der Waals surface area contributed by atoms with Gasteiger partial charge in [0, 0.05) is 12.0 Å². The summed E-state index contributed by atoms with van der Waals surface area (Å²) in [5, 5.41) is 19.6. The van der Waals surface area contributed by atoms with Crippen molar-refractivity contribution >= 4 is 23.6 Å². The molecule has 2 N–H and O–H groups in total. The van der Waals surface area contributed by atoms with Crippen LogP contribution in [0, 0.1) is 11.3 Å². The number of carbonyl (C=O) groups excluding carboxylic acids is 1. The van der Waals surface area contributed by atoms with Gasteiger partial charge in [0.25, 0.3) is 0 Å². The second kappa shape index (κ2) is 7.12. The number of hydrogen-bond donors (Lipinski definition) is 2. The predicted molar refractivity (Wildman–Crippen MR) is 62.0 cm³/mol. The summed E-state index contributed by atoms with van der Waals surface area (Å²) in [7, 11) is 0. The molecule has 0 fully saturated rings. The molecule has 0 aliphatic heterocycles. The fourth-order valence-corrected chi connectivity index (χ4v) is 1.54. The molecule has 0 spiro atoms. The predicted octanol–water partition coefficient (Wildman–Crippen LogP) is 1.00. The molecule has 0 aliphatic rings. The number of carboxylic acid groups (broad SMARTS) is 1. The van der Waals surface area contributed by atoms with Gasteiger partial charge in [-0.25, -0.2) is 0 Å². The fraction of sp³-hybridized carbons (Fsp3) is 0.700. The smallest absolute Gasteiger partial charge is 0.303 e. The summed E-state index contributed by atoms with van der Waals surface area (Å²) in [5.74, 6) is -0.538. The van der Waals surface area contributed by atoms with Crippen LogP contribution in [0.15, 0.2) is 0 Å². The molecule has 0 saturated heterocycles. The van der Waals surface area contributed by atoms with Crippen LogP contribution in [0.25, 0.3) is 0 Å². The number of thioether (sulfide) groups is 1. The lowest BCUT2D eigenvalue weighted by atomic mass is 9.98. The molecular formula is C10H16N2O3S. The standard InChI is InChI=1S/C10H16N2O3S/c1-10(2,4-3-9(14)15)12-8(13)7-16-6-5-11/h3-4,6-7H2,1-2H3,(H,12,13)(H,14,15). The molecule has 5 nitrogen and oxygen atoms in total. The zero-order valence-corrected chi connectivity index (χ0v) is 10.3. The highest BCUT2D eigenvalue weighted by atomic mass is 32.2. The van der Waals surface area contributed by atoms with Gasteiger partial charge in [0.05, 0.1) is 17.6 Å². The van der Waals surface area contributed by atoms with E-state index in [1.807, 2.05) is 6.07 Å². The average Bonchev–Trinajstić information content (AvgIpc) is 2.15. The van der Waals surface area contributed by atoms with E-state index in [2.05, 4.69) is 5.32 Å². The van der Waals surface area contributed by atoms with E-state index in [4.69, 9.17) is 10.4 Å². The number of nitriles is 1. The van der Waals surface area contributed by atoms with E-state index in [1.54, 1.807) is 13.8 Å². The van der Waals surface area contributed by atoms with E-state index in [9.17, 15) is 9.59 Å². The van der Waals surface area contributed by atoms with Crippen molar-refractivity contribution in [3.63, 3.8) is 0 Å². The lowest BCUT2D eigenvalue weighted by Gasteiger charge is -2.25. The summed E-state index contributed by atoms with van der Waals surface area (Å²) in [5.41, 5.74) is -0.525. The Labute approximate surface area is 99.2 Å². The third kappa shape index (κ3) is 8.12. The molecule has 0 heterocycles. The minimum atomic E-state index is -0.874. The van der Waals surface area contributed by atoms with Gasteiger partial charge < -0.3 is 10.4 Å². The molecule has 0 aromatic heterocycles. The molecule has 0 aliphatic carbocycles. The average molecular weight is 244 g/mol. The van der Waals surface area contributed by atoms with Crippen molar-refractivity contribution in [2.24, 2.45) is 0 Å². The van der Waals surface area contributed by atoms with Crippen LogP contribution >= 0.6 is 11.8 Å². The number of carbonyl (C=O) groups is 2. The second-order valence-electron chi connectivity index (χ2n) is 3.98. The number of carboxylic acids is 1. The molecule has 0 aromatic carbocycles. The molecule has 6 heteroatoms. The van der Waals surface area contributed by atoms with Crippen LogP contribution in [-0.4, -0.2) is 34.0 Å². The summed E-state index contributed by atoms with van der Waals surface area (Å²) >= 11 is 1.24. The molecule has 0 bridgehead atoms. The Balaban J connectivity index is 3.91. The normalized spacial score (nSPS) is 10.6. The molecule has 0 unspecified atom stereocenters. The monoisotopic (exact) mass is 244 g/mol. The maximum absolute atomic E-state index is 11.4. The molecule has 90 valence electrons.